The third-order valence-corrected chi connectivity index (χ3v) is 7.02. The van der Waals surface area contributed by atoms with Gasteiger partial charge in [-0.1, -0.05) is 0 Å². The average Bonchev–Trinajstić information content (AvgIpc) is 2.27. The zero-order chi connectivity index (χ0) is 16.1. The molecule has 0 aromatic carbocycles. The summed E-state index contributed by atoms with van der Waals surface area (Å²) in [5, 5.41) is 8.96. The SMILES string of the molecule is CC(C)N(C(C)C)P([O-])[N+](CCC#N)(C(C)C)C(C)C.P. The number of rotatable bonds is 8. The molecule has 0 aromatic heterocycles. The van der Waals surface area contributed by atoms with Gasteiger partial charge < -0.3 is 9.15 Å². The number of hydrogen-bond donors (Lipinski definition) is 0. The third-order valence-electron chi connectivity index (χ3n) is 3.94. The Morgan fingerprint density at radius 1 is 1.00 bits per heavy atom. The number of nitriles is 1. The molecule has 0 heterocycles. The minimum absolute atomic E-state index is 0. The lowest BCUT2D eigenvalue weighted by atomic mass is 10.2. The number of quaternary nitrogens is 1. The predicted molar refractivity (Wildman–Crippen MR) is 95.8 cm³/mol. The standard InChI is InChI=1S/C15H32N3OP.H3P/c1-12(2)17(13(3)4)20(19)18(14(5)6,15(7)8)11-9-10-16;/h12-15H,9,11H2,1-8H3;1H3. The van der Waals surface area contributed by atoms with E-state index in [4.69, 9.17) is 5.26 Å². The predicted octanol–water partition coefficient (Wildman–Crippen LogP) is 3.30. The van der Waals surface area contributed by atoms with Crippen LogP contribution in [0.2, 0.25) is 0 Å². The first-order valence-electron chi connectivity index (χ1n) is 7.63. The van der Waals surface area contributed by atoms with Crippen LogP contribution in [0.25, 0.3) is 0 Å². The second kappa shape index (κ2) is 10.1. The summed E-state index contributed by atoms with van der Waals surface area (Å²) < 4.78 is 2.60. The highest BCUT2D eigenvalue weighted by molar-refractivity contribution is 7.41. The molecule has 2 unspecified atom stereocenters. The van der Waals surface area contributed by atoms with Crippen LogP contribution in [-0.2, 0) is 0 Å². The zero-order valence-corrected chi connectivity index (χ0v) is 17.4. The smallest absolute Gasteiger partial charge is 0.107 e. The first-order valence-corrected chi connectivity index (χ1v) is 8.79. The minimum Gasteiger partial charge on any atom is -0.769 e. The van der Waals surface area contributed by atoms with Gasteiger partial charge in [0.1, 0.15) is 8.45 Å². The molecule has 0 aliphatic carbocycles. The van der Waals surface area contributed by atoms with Crippen LogP contribution in [0.3, 0.4) is 0 Å². The molecule has 0 saturated heterocycles. The Morgan fingerprint density at radius 2 is 1.38 bits per heavy atom. The quantitative estimate of drug-likeness (QED) is 0.640. The topological polar surface area (TPSA) is 50.1 Å². The van der Waals surface area contributed by atoms with Gasteiger partial charge in [0.15, 0.2) is 0 Å². The van der Waals surface area contributed by atoms with Gasteiger partial charge in [-0.15, -0.1) is 0 Å². The van der Waals surface area contributed by atoms with E-state index in [0.29, 0.717) is 17.2 Å². The second-order valence-corrected chi connectivity index (χ2v) is 8.24. The third kappa shape index (κ3) is 5.42. The molecular formula is C15H35N3OP2. The van der Waals surface area contributed by atoms with Crippen LogP contribution in [0.4, 0.5) is 0 Å². The first-order chi connectivity index (χ1) is 9.12. The van der Waals surface area contributed by atoms with E-state index in [1.54, 1.807) is 0 Å². The molecule has 0 aliphatic rings. The maximum atomic E-state index is 13.4. The van der Waals surface area contributed by atoms with Gasteiger partial charge in [-0.05, 0) is 55.4 Å². The average molecular weight is 335 g/mol. The van der Waals surface area contributed by atoms with Crippen LogP contribution >= 0.6 is 18.3 Å². The molecule has 0 N–H and O–H groups in total. The summed E-state index contributed by atoms with van der Waals surface area (Å²) in [6.07, 6.45) is 0.446. The van der Waals surface area contributed by atoms with Crippen LogP contribution in [0, 0.1) is 11.3 Å². The highest BCUT2D eigenvalue weighted by Crippen LogP contribution is 2.50. The lowest BCUT2D eigenvalue weighted by Crippen LogP contribution is -2.60. The minimum atomic E-state index is -1.59. The van der Waals surface area contributed by atoms with Gasteiger partial charge in [0, 0.05) is 12.1 Å². The maximum Gasteiger partial charge on any atom is 0.107 e. The van der Waals surface area contributed by atoms with Crippen molar-refractivity contribution in [2.75, 3.05) is 6.54 Å². The Kier molecular flexibility index (Phi) is 11.3. The van der Waals surface area contributed by atoms with Gasteiger partial charge in [-0.25, -0.2) is 4.67 Å². The van der Waals surface area contributed by atoms with Crippen LogP contribution in [-0.4, -0.2) is 39.6 Å². The molecule has 0 spiro atoms. The zero-order valence-electron chi connectivity index (χ0n) is 15.1. The monoisotopic (exact) mass is 335 g/mol. The van der Waals surface area contributed by atoms with Crippen molar-refractivity contribution >= 4 is 18.3 Å². The molecule has 6 heteroatoms. The lowest BCUT2D eigenvalue weighted by Gasteiger charge is -2.58. The summed E-state index contributed by atoms with van der Waals surface area (Å²) in [4.78, 5) is 13.4. The molecule has 0 radical (unpaired) electrons. The van der Waals surface area contributed by atoms with Crippen molar-refractivity contribution < 1.29 is 9.15 Å². The Morgan fingerprint density at radius 3 is 1.62 bits per heavy atom. The lowest BCUT2D eigenvalue weighted by molar-refractivity contribution is -0.869. The summed E-state index contributed by atoms with van der Waals surface area (Å²) in [5.41, 5.74) is 0. The highest BCUT2D eigenvalue weighted by atomic mass is 31.2. The van der Waals surface area contributed by atoms with Crippen molar-refractivity contribution in [2.45, 2.75) is 86.0 Å². The first kappa shape index (κ1) is 23.5. The Bertz CT molecular complexity index is 311. The van der Waals surface area contributed by atoms with E-state index in [-0.39, 0.29) is 34.1 Å². The molecule has 0 rings (SSSR count). The fourth-order valence-corrected chi connectivity index (χ4v) is 5.24. The van der Waals surface area contributed by atoms with E-state index in [0.717, 1.165) is 0 Å². The van der Waals surface area contributed by atoms with E-state index in [1.165, 1.54) is 0 Å². The van der Waals surface area contributed by atoms with Crippen molar-refractivity contribution in [1.82, 2.24) is 4.67 Å². The van der Waals surface area contributed by atoms with Crippen molar-refractivity contribution in [3.8, 4) is 6.07 Å². The summed E-state index contributed by atoms with van der Waals surface area (Å²) in [6.45, 7) is 17.5. The summed E-state index contributed by atoms with van der Waals surface area (Å²) in [6, 6.07) is 3.14. The van der Waals surface area contributed by atoms with Gasteiger partial charge >= 0.3 is 0 Å². The van der Waals surface area contributed by atoms with E-state index in [9.17, 15) is 4.89 Å². The fourth-order valence-electron chi connectivity index (χ4n) is 3.01. The van der Waals surface area contributed by atoms with Crippen molar-refractivity contribution in [3.63, 3.8) is 0 Å². The molecule has 0 amide bonds. The van der Waals surface area contributed by atoms with Gasteiger partial charge in [0.05, 0.1) is 31.1 Å². The summed E-state index contributed by atoms with van der Waals surface area (Å²) in [5.74, 6) is 0. The molecule has 4 nitrogen and oxygen atoms in total. The fraction of sp³-hybridized carbons (Fsp3) is 0.933. The Labute approximate surface area is 136 Å². The van der Waals surface area contributed by atoms with E-state index in [1.807, 2.05) is 0 Å². The van der Waals surface area contributed by atoms with Crippen LogP contribution in [0.1, 0.15) is 61.8 Å². The maximum absolute atomic E-state index is 13.4. The van der Waals surface area contributed by atoms with Crippen molar-refractivity contribution in [2.24, 2.45) is 0 Å². The number of nitrogens with zero attached hydrogens (tertiary/aromatic N) is 3. The largest absolute Gasteiger partial charge is 0.769 e. The Hall–Kier alpha value is 0.230. The van der Waals surface area contributed by atoms with Crippen molar-refractivity contribution in [1.29, 1.82) is 5.26 Å². The molecular weight excluding hydrogens is 300 g/mol. The van der Waals surface area contributed by atoms with Gasteiger partial charge in [-0.2, -0.15) is 15.2 Å². The second-order valence-electron chi connectivity index (χ2n) is 6.53. The van der Waals surface area contributed by atoms with Crippen LogP contribution in [0.5, 0.6) is 0 Å². The van der Waals surface area contributed by atoms with Crippen LogP contribution in [0.15, 0.2) is 0 Å². The van der Waals surface area contributed by atoms with Gasteiger partial charge in [-0.3, -0.25) is 0 Å². The molecule has 0 fully saturated rings. The number of hydrogen-bond acceptors (Lipinski definition) is 3. The van der Waals surface area contributed by atoms with Crippen LogP contribution < -0.4 is 4.89 Å². The molecule has 0 saturated carbocycles. The van der Waals surface area contributed by atoms with E-state index >= 15 is 0 Å². The van der Waals surface area contributed by atoms with Gasteiger partial charge in [0.2, 0.25) is 0 Å². The summed E-state index contributed by atoms with van der Waals surface area (Å²) in [7, 11) is -1.59. The molecule has 21 heavy (non-hydrogen) atoms. The molecule has 0 aliphatic heterocycles. The van der Waals surface area contributed by atoms with Gasteiger partial charge in [0.25, 0.3) is 0 Å². The molecule has 2 atom stereocenters. The van der Waals surface area contributed by atoms with Crippen molar-refractivity contribution in [3.05, 3.63) is 0 Å². The highest BCUT2D eigenvalue weighted by Gasteiger charge is 2.41. The van der Waals surface area contributed by atoms with E-state index in [2.05, 4.69) is 66.1 Å². The summed E-state index contributed by atoms with van der Waals surface area (Å²) >= 11 is 0. The Balaban J connectivity index is 0. The molecule has 126 valence electrons. The molecule has 0 bridgehead atoms. The normalized spacial score (nSPS) is 14.0. The van der Waals surface area contributed by atoms with E-state index < -0.39 is 8.45 Å². The molecule has 0 aromatic rings.